The van der Waals surface area contributed by atoms with Crippen LogP contribution in [0.4, 0.5) is 11.5 Å². The molecular formula is C34H35N7O3. The molecule has 10 nitrogen and oxygen atoms in total. The number of hydrogen-bond acceptors (Lipinski definition) is 7. The summed E-state index contributed by atoms with van der Waals surface area (Å²) in [5.41, 5.74) is 10.7. The molecule has 224 valence electrons. The van der Waals surface area contributed by atoms with E-state index in [9.17, 15) is 9.59 Å². The average molecular weight is 590 g/mol. The van der Waals surface area contributed by atoms with Crippen LogP contribution in [0.15, 0.2) is 96.1 Å². The van der Waals surface area contributed by atoms with Crippen LogP contribution >= 0.6 is 0 Å². The molecule has 10 heteroatoms. The van der Waals surface area contributed by atoms with Crippen LogP contribution in [0.3, 0.4) is 0 Å². The monoisotopic (exact) mass is 589 g/mol. The molecule has 0 radical (unpaired) electrons. The fourth-order valence-electron chi connectivity index (χ4n) is 5.24. The van der Waals surface area contributed by atoms with E-state index in [1.807, 2.05) is 49.4 Å². The van der Waals surface area contributed by atoms with Crippen LogP contribution in [0.2, 0.25) is 0 Å². The van der Waals surface area contributed by atoms with Crippen molar-refractivity contribution in [2.24, 2.45) is 0 Å². The highest BCUT2D eigenvalue weighted by Crippen LogP contribution is 2.27. The second kappa shape index (κ2) is 12.2. The number of nitrogens with zero attached hydrogens (tertiary/aromatic N) is 6. The van der Waals surface area contributed by atoms with Gasteiger partial charge in [-0.05, 0) is 74.8 Å². The van der Waals surface area contributed by atoms with Gasteiger partial charge >= 0.3 is 5.69 Å². The number of fused-ring (bicyclic) bond motifs is 1. The fraction of sp³-hybridized carbons (Fsp3) is 0.235. The molecule has 3 aromatic carbocycles. The Labute approximate surface area is 255 Å². The standard InChI is InChI=1S/C34H35N7O3/c1-23-7-4-8-24(19-23)21-44-29-16-14-26(15-17-29)40-31-32(35)36-22-37-33(31)41(34(40)43)28-10-5-9-27(20-28)39(3)30(42)11-6-18-38(2)25-12-13-25/h4-11,14-17,19-20,22,25H,12-13,18,21H2,1-3H3,(H2,35,36,37). The predicted octanol–water partition coefficient (Wildman–Crippen LogP) is 4.65. The van der Waals surface area contributed by atoms with E-state index >= 15 is 0 Å². The van der Waals surface area contributed by atoms with E-state index in [1.54, 1.807) is 48.4 Å². The third-order valence-electron chi connectivity index (χ3n) is 7.86. The first-order chi connectivity index (χ1) is 21.3. The third kappa shape index (κ3) is 5.97. The number of aryl methyl sites for hydroxylation is 1. The van der Waals surface area contributed by atoms with Crippen molar-refractivity contribution in [3.8, 4) is 17.1 Å². The molecule has 0 bridgehead atoms. The van der Waals surface area contributed by atoms with Gasteiger partial charge in [0.15, 0.2) is 11.5 Å². The maximum Gasteiger partial charge on any atom is 0.339 e. The van der Waals surface area contributed by atoms with Crippen LogP contribution in [0.25, 0.3) is 22.5 Å². The highest BCUT2D eigenvalue weighted by Gasteiger charge is 2.25. The van der Waals surface area contributed by atoms with Gasteiger partial charge in [0, 0.05) is 31.4 Å². The zero-order chi connectivity index (χ0) is 30.8. The smallest absolute Gasteiger partial charge is 0.339 e. The molecule has 2 aromatic heterocycles. The van der Waals surface area contributed by atoms with Gasteiger partial charge in [0.05, 0.1) is 11.4 Å². The SMILES string of the molecule is Cc1cccc(COc2ccc(-n3c(=O)n(-c4cccc(N(C)C(=O)C=CCN(C)C5CC5)c4)c4ncnc(N)c43)cc2)c1. The summed E-state index contributed by atoms with van der Waals surface area (Å²) in [6, 6.07) is 23.2. The second-order valence-corrected chi connectivity index (χ2v) is 11.1. The molecule has 0 atom stereocenters. The van der Waals surface area contributed by atoms with E-state index in [0.29, 0.717) is 46.6 Å². The lowest BCUT2D eigenvalue weighted by Gasteiger charge is -2.17. The van der Waals surface area contributed by atoms with E-state index in [4.69, 9.17) is 10.5 Å². The lowest BCUT2D eigenvalue weighted by molar-refractivity contribution is -0.113. The first-order valence-corrected chi connectivity index (χ1v) is 14.6. The Morgan fingerprint density at radius 3 is 2.52 bits per heavy atom. The maximum absolute atomic E-state index is 14.0. The molecule has 5 aromatic rings. The van der Waals surface area contributed by atoms with Crippen molar-refractivity contribution >= 4 is 28.6 Å². The van der Waals surface area contributed by atoms with Crippen molar-refractivity contribution in [3.63, 3.8) is 0 Å². The number of carbonyl (C=O) groups excluding carboxylic acids is 1. The minimum atomic E-state index is -0.366. The minimum absolute atomic E-state index is 0.155. The Balaban J connectivity index is 1.29. The van der Waals surface area contributed by atoms with Gasteiger partial charge in [0.25, 0.3) is 0 Å². The topological polar surface area (TPSA) is 112 Å². The molecule has 0 aliphatic heterocycles. The van der Waals surface area contributed by atoms with Crippen molar-refractivity contribution in [1.82, 2.24) is 24.0 Å². The lowest BCUT2D eigenvalue weighted by atomic mass is 10.1. The second-order valence-electron chi connectivity index (χ2n) is 11.1. The number of amides is 1. The van der Waals surface area contributed by atoms with Crippen molar-refractivity contribution < 1.29 is 9.53 Å². The number of nitrogens with two attached hydrogens (primary N) is 1. The molecule has 44 heavy (non-hydrogen) atoms. The van der Waals surface area contributed by atoms with Crippen molar-refractivity contribution in [2.75, 3.05) is 31.3 Å². The van der Waals surface area contributed by atoms with Crippen LogP contribution < -0.4 is 21.1 Å². The van der Waals surface area contributed by atoms with Crippen molar-refractivity contribution in [3.05, 3.63) is 113 Å². The van der Waals surface area contributed by atoms with Gasteiger partial charge in [-0.15, -0.1) is 0 Å². The number of carbonyl (C=O) groups is 1. The predicted molar refractivity (Wildman–Crippen MR) is 173 cm³/mol. The largest absolute Gasteiger partial charge is 0.489 e. The maximum atomic E-state index is 14.0. The number of imidazole rings is 1. The fourth-order valence-corrected chi connectivity index (χ4v) is 5.24. The summed E-state index contributed by atoms with van der Waals surface area (Å²) in [5, 5.41) is 0. The summed E-state index contributed by atoms with van der Waals surface area (Å²) in [6.07, 6.45) is 7.24. The summed E-state index contributed by atoms with van der Waals surface area (Å²) in [5.74, 6) is 0.692. The Bertz CT molecular complexity index is 1900. The summed E-state index contributed by atoms with van der Waals surface area (Å²) in [6.45, 7) is 3.20. The summed E-state index contributed by atoms with van der Waals surface area (Å²) in [7, 11) is 3.78. The number of rotatable bonds is 10. The number of nitrogen functional groups attached to an aromatic ring is 1. The zero-order valence-corrected chi connectivity index (χ0v) is 25.1. The van der Waals surface area contributed by atoms with E-state index in [0.717, 1.165) is 12.1 Å². The van der Waals surface area contributed by atoms with Gasteiger partial charge in [-0.2, -0.15) is 0 Å². The minimum Gasteiger partial charge on any atom is -0.489 e. The molecule has 2 heterocycles. The molecule has 0 saturated heterocycles. The lowest BCUT2D eigenvalue weighted by Crippen LogP contribution is -2.26. The number of hydrogen-bond donors (Lipinski definition) is 1. The molecule has 1 fully saturated rings. The van der Waals surface area contributed by atoms with Gasteiger partial charge in [-0.3, -0.25) is 14.3 Å². The zero-order valence-electron chi connectivity index (χ0n) is 25.1. The molecule has 1 aliphatic carbocycles. The Hall–Kier alpha value is -5.22. The number of anilines is 2. The van der Waals surface area contributed by atoms with Crippen molar-refractivity contribution in [1.29, 1.82) is 0 Å². The summed E-state index contributed by atoms with van der Waals surface area (Å²) < 4.78 is 8.96. The Morgan fingerprint density at radius 2 is 1.77 bits per heavy atom. The molecule has 1 saturated carbocycles. The number of likely N-dealkylation sites (N-methyl/N-ethyl adjacent to an activating group) is 2. The Kier molecular flexibility index (Phi) is 7.99. The van der Waals surface area contributed by atoms with Crippen LogP contribution in [0.1, 0.15) is 24.0 Å². The first-order valence-electron chi connectivity index (χ1n) is 14.6. The third-order valence-corrected chi connectivity index (χ3v) is 7.86. The number of ether oxygens (including phenoxy) is 1. The summed E-state index contributed by atoms with van der Waals surface area (Å²) in [4.78, 5) is 39.4. The van der Waals surface area contributed by atoms with Crippen LogP contribution in [-0.2, 0) is 11.4 Å². The first kappa shape index (κ1) is 28.9. The van der Waals surface area contributed by atoms with Crippen LogP contribution in [-0.4, -0.2) is 56.6 Å². The van der Waals surface area contributed by atoms with Crippen molar-refractivity contribution in [2.45, 2.75) is 32.4 Å². The van der Waals surface area contributed by atoms with Gasteiger partial charge in [0.2, 0.25) is 5.91 Å². The van der Waals surface area contributed by atoms with E-state index in [-0.39, 0.29) is 17.4 Å². The highest BCUT2D eigenvalue weighted by atomic mass is 16.5. The Morgan fingerprint density at radius 1 is 1.00 bits per heavy atom. The molecule has 0 spiro atoms. The van der Waals surface area contributed by atoms with Gasteiger partial charge in [0.1, 0.15) is 24.2 Å². The quantitative estimate of drug-likeness (QED) is 0.236. The van der Waals surface area contributed by atoms with Gasteiger partial charge in [-0.25, -0.2) is 19.3 Å². The molecule has 6 rings (SSSR count). The van der Waals surface area contributed by atoms with E-state index < -0.39 is 0 Å². The average Bonchev–Trinajstić information content (AvgIpc) is 3.83. The molecule has 1 amide bonds. The number of benzene rings is 3. The summed E-state index contributed by atoms with van der Waals surface area (Å²) >= 11 is 0. The highest BCUT2D eigenvalue weighted by molar-refractivity contribution is 6.01. The molecule has 2 N–H and O–H groups in total. The normalized spacial score (nSPS) is 13.2. The molecule has 0 unspecified atom stereocenters. The van der Waals surface area contributed by atoms with Crippen LogP contribution in [0.5, 0.6) is 5.75 Å². The number of aromatic nitrogens is 4. The van der Waals surface area contributed by atoms with Gasteiger partial charge < -0.3 is 15.4 Å². The van der Waals surface area contributed by atoms with Crippen LogP contribution in [0, 0.1) is 6.92 Å². The van der Waals surface area contributed by atoms with E-state index in [1.165, 1.54) is 33.9 Å². The molecule has 1 aliphatic rings. The van der Waals surface area contributed by atoms with E-state index in [2.05, 4.69) is 28.0 Å². The van der Waals surface area contributed by atoms with Gasteiger partial charge in [-0.1, -0.05) is 42.0 Å². The molecular weight excluding hydrogens is 554 g/mol.